The Balaban J connectivity index is 1.51. The van der Waals surface area contributed by atoms with E-state index in [4.69, 9.17) is 21.1 Å². The molecule has 7 nitrogen and oxygen atoms in total. The van der Waals surface area contributed by atoms with Gasteiger partial charge in [0.25, 0.3) is 5.91 Å². The van der Waals surface area contributed by atoms with E-state index in [1.807, 2.05) is 37.3 Å². The second-order valence-corrected chi connectivity index (χ2v) is 6.31. The van der Waals surface area contributed by atoms with Crippen LogP contribution in [-0.2, 0) is 14.3 Å². The monoisotopic (exact) mass is 399 g/mol. The van der Waals surface area contributed by atoms with Crippen molar-refractivity contribution in [3.05, 3.63) is 71.4 Å². The lowest BCUT2D eigenvalue weighted by Crippen LogP contribution is -2.24. The van der Waals surface area contributed by atoms with Gasteiger partial charge in [0.15, 0.2) is 13.2 Å². The quantitative estimate of drug-likeness (QED) is 0.616. The molecule has 0 aliphatic carbocycles. The number of benzene rings is 2. The lowest BCUT2D eigenvalue weighted by molar-refractivity contribution is -0.149. The van der Waals surface area contributed by atoms with Gasteiger partial charge in [0, 0.05) is 11.1 Å². The number of esters is 1. The summed E-state index contributed by atoms with van der Waals surface area (Å²) in [7, 11) is 0. The summed E-state index contributed by atoms with van der Waals surface area (Å²) in [4.78, 5) is 23.9. The van der Waals surface area contributed by atoms with Crippen molar-refractivity contribution in [3.8, 4) is 11.4 Å². The van der Waals surface area contributed by atoms with Gasteiger partial charge in [0.2, 0.25) is 0 Å². The molecular formula is C20H18ClN3O4. The number of aryl methyl sites for hydroxylation is 1. The van der Waals surface area contributed by atoms with E-state index < -0.39 is 18.5 Å². The van der Waals surface area contributed by atoms with Crippen molar-refractivity contribution >= 4 is 29.3 Å². The largest absolute Gasteiger partial charge is 0.482 e. The van der Waals surface area contributed by atoms with Crippen molar-refractivity contribution in [1.29, 1.82) is 0 Å². The van der Waals surface area contributed by atoms with E-state index in [-0.39, 0.29) is 6.61 Å². The van der Waals surface area contributed by atoms with Gasteiger partial charge in [0.05, 0.1) is 11.4 Å². The number of halogens is 1. The summed E-state index contributed by atoms with van der Waals surface area (Å²) in [6, 6.07) is 17.8. The minimum atomic E-state index is -0.664. The molecule has 0 radical (unpaired) electrons. The van der Waals surface area contributed by atoms with Gasteiger partial charge in [-0.2, -0.15) is 5.10 Å². The van der Waals surface area contributed by atoms with Crippen LogP contribution in [-0.4, -0.2) is 34.9 Å². The van der Waals surface area contributed by atoms with Gasteiger partial charge >= 0.3 is 5.97 Å². The fraction of sp³-hybridized carbons (Fsp3) is 0.150. The molecule has 0 saturated carbocycles. The number of aromatic nitrogens is 2. The highest BCUT2D eigenvalue weighted by Gasteiger charge is 2.13. The van der Waals surface area contributed by atoms with Gasteiger partial charge in [-0.05, 0) is 37.3 Å². The molecule has 28 heavy (non-hydrogen) atoms. The summed E-state index contributed by atoms with van der Waals surface area (Å²) < 4.78 is 11.8. The van der Waals surface area contributed by atoms with Crippen LogP contribution in [0.25, 0.3) is 5.69 Å². The molecule has 0 bridgehead atoms. The number of amides is 1. The summed E-state index contributed by atoms with van der Waals surface area (Å²) in [5.41, 5.74) is 1.55. The number of hydrogen-bond donors (Lipinski definition) is 1. The minimum Gasteiger partial charge on any atom is -0.482 e. The summed E-state index contributed by atoms with van der Waals surface area (Å²) in [6.45, 7) is 1.06. The molecule has 1 heterocycles. The van der Waals surface area contributed by atoms with E-state index in [2.05, 4.69) is 10.4 Å². The molecule has 0 aliphatic rings. The molecule has 3 aromatic rings. The normalized spacial score (nSPS) is 10.4. The fourth-order valence-corrected chi connectivity index (χ4v) is 2.60. The van der Waals surface area contributed by atoms with Crippen LogP contribution in [0, 0.1) is 6.92 Å². The Kier molecular flexibility index (Phi) is 6.29. The lowest BCUT2D eigenvalue weighted by atomic mass is 10.3. The van der Waals surface area contributed by atoms with Crippen molar-refractivity contribution in [2.45, 2.75) is 6.92 Å². The number of para-hydroxylation sites is 1. The molecule has 3 rings (SSSR count). The Morgan fingerprint density at radius 2 is 1.86 bits per heavy atom. The number of nitrogens with zero attached hydrogens (tertiary/aromatic N) is 2. The summed E-state index contributed by atoms with van der Waals surface area (Å²) in [5.74, 6) is -0.216. The van der Waals surface area contributed by atoms with Crippen LogP contribution >= 0.6 is 11.6 Å². The van der Waals surface area contributed by atoms with Crippen molar-refractivity contribution in [1.82, 2.24) is 9.78 Å². The number of ether oxygens (including phenoxy) is 2. The third-order valence-corrected chi connectivity index (χ3v) is 3.85. The molecule has 0 atom stereocenters. The Bertz CT molecular complexity index is 973. The van der Waals surface area contributed by atoms with Crippen molar-refractivity contribution in [2.75, 3.05) is 18.5 Å². The molecule has 0 spiro atoms. The number of rotatable bonds is 7. The third-order valence-electron chi connectivity index (χ3n) is 3.62. The standard InChI is InChI=1S/C20H18ClN3O4/c1-14-10-18(24(23-14)16-7-3-2-4-8-16)22-19(25)12-28-20(26)13-27-17-9-5-6-15(21)11-17/h2-11H,12-13H2,1H3,(H,22,25). The van der Waals surface area contributed by atoms with Crippen molar-refractivity contribution in [3.63, 3.8) is 0 Å². The topological polar surface area (TPSA) is 82.5 Å². The first-order chi connectivity index (χ1) is 13.5. The van der Waals surface area contributed by atoms with Gasteiger partial charge in [-0.1, -0.05) is 35.9 Å². The van der Waals surface area contributed by atoms with E-state index in [0.29, 0.717) is 16.6 Å². The predicted octanol–water partition coefficient (Wildman–Crippen LogP) is 3.39. The Labute approximate surface area is 166 Å². The van der Waals surface area contributed by atoms with Gasteiger partial charge in [-0.25, -0.2) is 9.48 Å². The maximum absolute atomic E-state index is 12.1. The smallest absolute Gasteiger partial charge is 0.344 e. The van der Waals surface area contributed by atoms with Crippen LogP contribution in [0.5, 0.6) is 5.75 Å². The van der Waals surface area contributed by atoms with E-state index in [0.717, 1.165) is 11.4 Å². The Morgan fingerprint density at radius 3 is 2.61 bits per heavy atom. The predicted molar refractivity (Wildman–Crippen MR) is 105 cm³/mol. The van der Waals surface area contributed by atoms with Crippen LogP contribution in [0.1, 0.15) is 5.69 Å². The zero-order valence-electron chi connectivity index (χ0n) is 15.1. The molecule has 1 N–H and O–H groups in total. The lowest BCUT2D eigenvalue weighted by Gasteiger charge is -2.10. The van der Waals surface area contributed by atoms with Crippen molar-refractivity contribution < 1.29 is 19.1 Å². The van der Waals surface area contributed by atoms with E-state index in [9.17, 15) is 9.59 Å². The number of carbonyl (C=O) groups excluding carboxylic acids is 2. The van der Waals surface area contributed by atoms with Gasteiger partial charge in [-0.3, -0.25) is 4.79 Å². The first kappa shape index (κ1) is 19.4. The maximum Gasteiger partial charge on any atom is 0.344 e. The molecule has 0 fully saturated rings. The first-order valence-corrected chi connectivity index (χ1v) is 8.85. The molecule has 1 aromatic heterocycles. The highest BCUT2D eigenvalue weighted by atomic mass is 35.5. The second-order valence-electron chi connectivity index (χ2n) is 5.87. The molecular weight excluding hydrogens is 382 g/mol. The van der Waals surface area contributed by atoms with Crippen LogP contribution < -0.4 is 10.1 Å². The van der Waals surface area contributed by atoms with Crippen LogP contribution in [0.3, 0.4) is 0 Å². The Morgan fingerprint density at radius 1 is 1.07 bits per heavy atom. The molecule has 8 heteroatoms. The first-order valence-electron chi connectivity index (χ1n) is 8.47. The zero-order chi connectivity index (χ0) is 19.9. The van der Waals surface area contributed by atoms with E-state index >= 15 is 0 Å². The summed E-state index contributed by atoms with van der Waals surface area (Å²) in [6.07, 6.45) is 0. The highest BCUT2D eigenvalue weighted by Crippen LogP contribution is 2.18. The number of anilines is 1. The summed E-state index contributed by atoms with van der Waals surface area (Å²) in [5, 5.41) is 7.55. The Hall–Kier alpha value is -3.32. The average Bonchev–Trinajstić information content (AvgIpc) is 3.05. The number of hydrogen-bond acceptors (Lipinski definition) is 5. The fourth-order valence-electron chi connectivity index (χ4n) is 2.42. The van der Waals surface area contributed by atoms with Gasteiger partial charge in [0.1, 0.15) is 11.6 Å². The van der Waals surface area contributed by atoms with Crippen molar-refractivity contribution in [2.24, 2.45) is 0 Å². The average molecular weight is 400 g/mol. The van der Waals surface area contributed by atoms with Crippen LogP contribution in [0.15, 0.2) is 60.7 Å². The zero-order valence-corrected chi connectivity index (χ0v) is 15.8. The maximum atomic E-state index is 12.1. The SMILES string of the molecule is Cc1cc(NC(=O)COC(=O)COc2cccc(Cl)c2)n(-c2ccccc2)n1. The second kappa shape index (κ2) is 9.05. The molecule has 0 saturated heterocycles. The van der Waals surface area contributed by atoms with Gasteiger partial charge < -0.3 is 14.8 Å². The van der Waals surface area contributed by atoms with E-state index in [1.165, 1.54) is 0 Å². The summed E-state index contributed by atoms with van der Waals surface area (Å²) >= 11 is 5.84. The number of carbonyl (C=O) groups is 2. The number of nitrogens with one attached hydrogen (secondary N) is 1. The third kappa shape index (κ3) is 5.34. The molecule has 0 aliphatic heterocycles. The molecule has 144 valence electrons. The van der Waals surface area contributed by atoms with Crippen LogP contribution in [0.4, 0.5) is 5.82 Å². The van der Waals surface area contributed by atoms with Crippen LogP contribution in [0.2, 0.25) is 5.02 Å². The molecule has 1 amide bonds. The minimum absolute atomic E-state index is 0.325. The van der Waals surface area contributed by atoms with E-state index in [1.54, 1.807) is 35.0 Å². The highest BCUT2D eigenvalue weighted by molar-refractivity contribution is 6.30. The molecule has 2 aromatic carbocycles. The van der Waals surface area contributed by atoms with Gasteiger partial charge in [-0.15, -0.1) is 0 Å². The molecule has 0 unspecified atom stereocenters.